The summed E-state index contributed by atoms with van der Waals surface area (Å²) in [5.74, 6) is 0.445. The standard InChI is InChI=1S/C8H6Cl3N/c9-3-1-2-8-7(11)4-6(10)5-12-8/h1-2,4-5H,3H2. The Balaban J connectivity index is 2.94. The zero-order valence-corrected chi connectivity index (χ0v) is 8.37. The molecule has 64 valence electrons. The van der Waals surface area contributed by atoms with Crippen molar-refractivity contribution < 1.29 is 0 Å². The van der Waals surface area contributed by atoms with Crippen LogP contribution in [0.3, 0.4) is 0 Å². The van der Waals surface area contributed by atoms with Crippen LogP contribution in [0.4, 0.5) is 0 Å². The molecule has 0 N–H and O–H groups in total. The first-order chi connectivity index (χ1) is 5.74. The number of pyridine rings is 1. The Labute approximate surface area is 86.0 Å². The normalized spacial score (nSPS) is 10.9. The third kappa shape index (κ3) is 2.67. The third-order valence-corrected chi connectivity index (χ3v) is 1.89. The molecule has 12 heavy (non-hydrogen) atoms. The minimum Gasteiger partial charge on any atom is -0.254 e. The van der Waals surface area contributed by atoms with E-state index in [2.05, 4.69) is 4.98 Å². The van der Waals surface area contributed by atoms with Gasteiger partial charge in [-0.3, -0.25) is 4.98 Å². The molecule has 4 heteroatoms. The third-order valence-electron chi connectivity index (χ3n) is 1.20. The molecule has 1 nitrogen and oxygen atoms in total. The number of hydrogen-bond acceptors (Lipinski definition) is 1. The SMILES string of the molecule is ClCC=Cc1ncc(Cl)cc1Cl. The summed E-state index contributed by atoms with van der Waals surface area (Å²) in [6, 6.07) is 1.64. The molecule has 0 unspecified atom stereocenters. The fourth-order valence-electron chi connectivity index (χ4n) is 0.704. The zero-order valence-electron chi connectivity index (χ0n) is 6.10. The van der Waals surface area contributed by atoms with E-state index in [1.807, 2.05) is 0 Å². The summed E-state index contributed by atoms with van der Waals surface area (Å²) in [4.78, 5) is 4.01. The summed E-state index contributed by atoms with van der Waals surface area (Å²) in [7, 11) is 0. The molecule has 0 atom stereocenters. The van der Waals surface area contributed by atoms with Crippen LogP contribution in [0.15, 0.2) is 18.3 Å². The smallest absolute Gasteiger partial charge is 0.0814 e. The van der Waals surface area contributed by atoms with Crippen molar-refractivity contribution in [2.45, 2.75) is 0 Å². The molecule has 0 saturated carbocycles. The van der Waals surface area contributed by atoms with Gasteiger partial charge >= 0.3 is 0 Å². The monoisotopic (exact) mass is 221 g/mol. The molecule has 0 bridgehead atoms. The molecule has 0 saturated heterocycles. The Kier molecular flexibility index (Phi) is 3.86. The van der Waals surface area contributed by atoms with Crippen molar-refractivity contribution in [3.05, 3.63) is 34.1 Å². The van der Waals surface area contributed by atoms with Crippen molar-refractivity contribution in [3.8, 4) is 0 Å². The van der Waals surface area contributed by atoms with E-state index < -0.39 is 0 Å². The van der Waals surface area contributed by atoms with Gasteiger partial charge in [0.2, 0.25) is 0 Å². The maximum atomic E-state index is 5.82. The highest BCUT2D eigenvalue weighted by Crippen LogP contribution is 2.19. The molecule has 1 heterocycles. The average molecular weight is 223 g/mol. The molecule has 0 aliphatic carbocycles. The molecule has 0 aliphatic rings. The molecule has 0 aromatic carbocycles. The maximum absolute atomic E-state index is 5.82. The number of aromatic nitrogens is 1. The van der Waals surface area contributed by atoms with Gasteiger partial charge in [0.25, 0.3) is 0 Å². The summed E-state index contributed by atoms with van der Waals surface area (Å²) in [6.45, 7) is 0. The van der Waals surface area contributed by atoms with E-state index >= 15 is 0 Å². The predicted octanol–water partition coefficient (Wildman–Crippen LogP) is 3.64. The Morgan fingerprint density at radius 3 is 2.75 bits per heavy atom. The van der Waals surface area contributed by atoms with Gasteiger partial charge in [0.1, 0.15) is 0 Å². The minimum atomic E-state index is 0.445. The van der Waals surface area contributed by atoms with Crippen LogP contribution in [-0.4, -0.2) is 10.9 Å². The lowest BCUT2D eigenvalue weighted by atomic mass is 10.3. The number of allylic oxidation sites excluding steroid dienone is 1. The summed E-state index contributed by atoms with van der Waals surface area (Å²) < 4.78 is 0. The average Bonchev–Trinajstić information content (AvgIpc) is 2.03. The van der Waals surface area contributed by atoms with Gasteiger partial charge < -0.3 is 0 Å². The van der Waals surface area contributed by atoms with Crippen molar-refractivity contribution in [2.75, 3.05) is 5.88 Å². The lowest BCUT2D eigenvalue weighted by Crippen LogP contribution is -1.81. The fraction of sp³-hybridized carbons (Fsp3) is 0.125. The first-order valence-corrected chi connectivity index (χ1v) is 4.56. The van der Waals surface area contributed by atoms with E-state index in [1.165, 1.54) is 0 Å². The second-order valence-corrected chi connectivity index (χ2v) is 3.23. The van der Waals surface area contributed by atoms with E-state index in [0.717, 1.165) is 0 Å². The van der Waals surface area contributed by atoms with Crippen LogP contribution in [0.2, 0.25) is 10.0 Å². The van der Waals surface area contributed by atoms with Gasteiger partial charge in [0, 0.05) is 12.1 Å². The predicted molar refractivity (Wildman–Crippen MR) is 54.0 cm³/mol. The largest absolute Gasteiger partial charge is 0.254 e. The van der Waals surface area contributed by atoms with E-state index in [4.69, 9.17) is 34.8 Å². The van der Waals surface area contributed by atoms with Crippen molar-refractivity contribution >= 4 is 40.9 Å². The molecule has 1 rings (SSSR count). The van der Waals surface area contributed by atoms with Crippen LogP contribution < -0.4 is 0 Å². The van der Waals surface area contributed by atoms with Crippen LogP contribution in [0.25, 0.3) is 6.08 Å². The fourth-order valence-corrected chi connectivity index (χ4v) is 1.24. The highest BCUT2D eigenvalue weighted by atomic mass is 35.5. The Morgan fingerprint density at radius 2 is 2.17 bits per heavy atom. The van der Waals surface area contributed by atoms with Gasteiger partial charge in [0.05, 0.1) is 15.7 Å². The lowest BCUT2D eigenvalue weighted by Gasteiger charge is -1.96. The van der Waals surface area contributed by atoms with Crippen molar-refractivity contribution in [1.82, 2.24) is 4.98 Å². The highest BCUT2D eigenvalue weighted by Gasteiger charge is 1.97. The molecule has 0 spiro atoms. The van der Waals surface area contributed by atoms with Gasteiger partial charge in [0.15, 0.2) is 0 Å². The molecular formula is C8H6Cl3N. The number of alkyl halides is 1. The number of nitrogens with zero attached hydrogens (tertiary/aromatic N) is 1. The molecule has 0 fully saturated rings. The van der Waals surface area contributed by atoms with Crippen molar-refractivity contribution in [3.63, 3.8) is 0 Å². The van der Waals surface area contributed by atoms with Gasteiger partial charge in [-0.2, -0.15) is 0 Å². The van der Waals surface area contributed by atoms with Gasteiger partial charge in [-0.25, -0.2) is 0 Å². The van der Waals surface area contributed by atoms with Gasteiger partial charge in [-0.15, -0.1) is 11.6 Å². The summed E-state index contributed by atoms with van der Waals surface area (Å²) in [6.07, 6.45) is 5.07. The molecule has 1 aromatic rings. The van der Waals surface area contributed by atoms with E-state index in [-0.39, 0.29) is 0 Å². The summed E-state index contributed by atoms with van der Waals surface area (Å²) in [5, 5.41) is 1.06. The van der Waals surface area contributed by atoms with E-state index in [0.29, 0.717) is 21.6 Å². The second-order valence-electron chi connectivity index (χ2n) is 2.08. The number of rotatable bonds is 2. The number of halogens is 3. The van der Waals surface area contributed by atoms with Crippen LogP contribution in [0.5, 0.6) is 0 Å². The zero-order chi connectivity index (χ0) is 8.97. The minimum absolute atomic E-state index is 0.445. The topological polar surface area (TPSA) is 12.9 Å². The van der Waals surface area contributed by atoms with Crippen LogP contribution >= 0.6 is 34.8 Å². The molecule has 0 amide bonds. The molecule has 0 aliphatic heterocycles. The first-order valence-electron chi connectivity index (χ1n) is 3.27. The summed E-state index contributed by atoms with van der Waals surface area (Å²) >= 11 is 16.9. The molecular weight excluding hydrogens is 216 g/mol. The van der Waals surface area contributed by atoms with Gasteiger partial charge in [-0.1, -0.05) is 29.3 Å². The van der Waals surface area contributed by atoms with Crippen LogP contribution in [-0.2, 0) is 0 Å². The summed E-state index contributed by atoms with van der Waals surface area (Å²) in [5.41, 5.74) is 0.682. The quantitative estimate of drug-likeness (QED) is 0.696. The Bertz CT molecular complexity index is 296. The van der Waals surface area contributed by atoms with E-state index in [9.17, 15) is 0 Å². The van der Waals surface area contributed by atoms with Crippen molar-refractivity contribution in [1.29, 1.82) is 0 Å². The maximum Gasteiger partial charge on any atom is 0.0814 e. The Hall–Kier alpha value is -0.240. The van der Waals surface area contributed by atoms with Crippen LogP contribution in [0, 0.1) is 0 Å². The van der Waals surface area contributed by atoms with Crippen molar-refractivity contribution in [2.24, 2.45) is 0 Å². The molecule has 0 radical (unpaired) electrons. The second kappa shape index (κ2) is 4.70. The van der Waals surface area contributed by atoms with E-state index in [1.54, 1.807) is 24.4 Å². The van der Waals surface area contributed by atoms with Crippen LogP contribution in [0.1, 0.15) is 5.69 Å². The molecule has 1 aromatic heterocycles. The highest BCUT2D eigenvalue weighted by molar-refractivity contribution is 6.35. The number of hydrogen-bond donors (Lipinski definition) is 0. The first kappa shape index (κ1) is 9.85. The van der Waals surface area contributed by atoms with Gasteiger partial charge in [-0.05, 0) is 12.1 Å². The lowest BCUT2D eigenvalue weighted by molar-refractivity contribution is 1.29. The Morgan fingerprint density at radius 1 is 1.42 bits per heavy atom.